The molecule has 0 radical (unpaired) electrons. The minimum atomic E-state index is 0.458. The lowest BCUT2D eigenvalue weighted by atomic mass is 10.0. The number of nitrogens with zero attached hydrogens (tertiary/aromatic N) is 3. The first kappa shape index (κ1) is 8.34. The summed E-state index contributed by atoms with van der Waals surface area (Å²) in [6.07, 6.45) is 0. The maximum absolute atomic E-state index is 4.66. The van der Waals surface area contributed by atoms with Crippen molar-refractivity contribution in [3.8, 4) is 0 Å². The van der Waals surface area contributed by atoms with Gasteiger partial charge in [-0.2, -0.15) is 0 Å². The molecule has 1 aliphatic rings. The van der Waals surface area contributed by atoms with Crippen LogP contribution in [0.2, 0.25) is 0 Å². The first-order valence-corrected chi connectivity index (χ1v) is 4.49. The molecule has 1 aliphatic heterocycles. The van der Waals surface area contributed by atoms with E-state index in [4.69, 9.17) is 0 Å². The summed E-state index contributed by atoms with van der Waals surface area (Å²) in [6.45, 7) is 5.29. The Labute approximate surface area is 77.1 Å². The van der Waals surface area contributed by atoms with Crippen LogP contribution in [0.4, 0.5) is 11.6 Å². The number of hydrogen-bond acceptors (Lipinski definition) is 5. The normalized spacial score (nSPS) is 21.5. The van der Waals surface area contributed by atoms with E-state index < -0.39 is 0 Å². The third-order valence-corrected chi connectivity index (χ3v) is 2.55. The Morgan fingerprint density at radius 1 is 1.54 bits per heavy atom. The molecule has 0 unspecified atom stereocenters. The Morgan fingerprint density at radius 2 is 2.31 bits per heavy atom. The minimum Gasteiger partial charge on any atom is -0.362 e. The molecule has 5 nitrogen and oxygen atoms in total. The number of anilines is 2. The average Bonchev–Trinajstić information content (AvgIpc) is 2.52. The van der Waals surface area contributed by atoms with Gasteiger partial charge >= 0.3 is 0 Å². The van der Waals surface area contributed by atoms with Gasteiger partial charge in [0.25, 0.3) is 0 Å². The summed E-state index contributed by atoms with van der Waals surface area (Å²) in [4.78, 5) is 2.12. The molecule has 2 heterocycles. The third kappa shape index (κ3) is 1.24. The molecule has 0 saturated heterocycles. The van der Waals surface area contributed by atoms with E-state index in [0.717, 1.165) is 18.2 Å². The van der Waals surface area contributed by atoms with Gasteiger partial charge in [0.15, 0.2) is 0 Å². The maximum Gasteiger partial charge on any atom is 0.217 e. The first-order chi connectivity index (χ1) is 6.20. The summed E-state index contributed by atoms with van der Waals surface area (Å²) in [5, 5.41) is 10.8. The summed E-state index contributed by atoms with van der Waals surface area (Å²) in [5.41, 5.74) is 0. The summed E-state index contributed by atoms with van der Waals surface area (Å²) in [5.74, 6) is 2.15. The summed E-state index contributed by atoms with van der Waals surface area (Å²) in [7, 11) is 2.02. The Hall–Kier alpha value is -1.26. The number of nitrogens with one attached hydrogen (secondary N) is 1. The fraction of sp³-hybridized carbons (Fsp3) is 0.750. The number of likely N-dealkylation sites (N-methyl/N-ethyl adjacent to an activating group) is 1. The Morgan fingerprint density at radius 3 is 3.00 bits per heavy atom. The Bertz CT molecular complexity index is 296. The van der Waals surface area contributed by atoms with Crippen LogP contribution in [0.15, 0.2) is 4.63 Å². The second-order valence-electron chi connectivity index (χ2n) is 3.74. The van der Waals surface area contributed by atoms with E-state index in [0.29, 0.717) is 12.0 Å². The predicted octanol–water partition coefficient (Wildman–Crippen LogP) is 0.956. The van der Waals surface area contributed by atoms with Gasteiger partial charge in [-0.15, -0.1) is 0 Å². The van der Waals surface area contributed by atoms with E-state index in [9.17, 15) is 0 Å². The van der Waals surface area contributed by atoms with Crippen LogP contribution in [0.25, 0.3) is 0 Å². The van der Waals surface area contributed by atoms with E-state index in [2.05, 4.69) is 39.0 Å². The zero-order chi connectivity index (χ0) is 9.42. The first-order valence-electron chi connectivity index (χ1n) is 4.49. The maximum atomic E-state index is 4.66. The number of hydrogen-bond donors (Lipinski definition) is 1. The van der Waals surface area contributed by atoms with Crippen molar-refractivity contribution in [1.29, 1.82) is 0 Å². The number of fused-ring (bicyclic) bond motifs is 1. The fourth-order valence-electron chi connectivity index (χ4n) is 1.70. The van der Waals surface area contributed by atoms with E-state index >= 15 is 0 Å². The Balaban J connectivity index is 2.27. The monoisotopic (exact) mass is 182 g/mol. The largest absolute Gasteiger partial charge is 0.362 e. The van der Waals surface area contributed by atoms with Crippen LogP contribution in [0.3, 0.4) is 0 Å². The molecule has 2 rings (SSSR count). The topological polar surface area (TPSA) is 54.2 Å². The second kappa shape index (κ2) is 2.90. The second-order valence-corrected chi connectivity index (χ2v) is 3.74. The molecular weight excluding hydrogens is 168 g/mol. The van der Waals surface area contributed by atoms with E-state index in [1.165, 1.54) is 0 Å². The highest BCUT2D eigenvalue weighted by atomic mass is 16.6. The van der Waals surface area contributed by atoms with Crippen LogP contribution < -0.4 is 10.2 Å². The quantitative estimate of drug-likeness (QED) is 0.701. The van der Waals surface area contributed by atoms with Crippen molar-refractivity contribution in [2.24, 2.45) is 5.92 Å². The number of aromatic nitrogens is 2. The van der Waals surface area contributed by atoms with Gasteiger partial charge < -0.3 is 10.2 Å². The zero-order valence-electron chi connectivity index (χ0n) is 8.11. The average molecular weight is 182 g/mol. The van der Waals surface area contributed by atoms with Crippen molar-refractivity contribution in [2.75, 3.05) is 23.8 Å². The lowest BCUT2D eigenvalue weighted by molar-refractivity contribution is 0.309. The van der Waals surface area contributed by atoms with Gasteiger partial charge in [-0.3, -0.25) is 0 Å². The molecule has 1 N–H and O–H groups in total. The SMILES string of the molecule is CC(C)[C@H]1CNc2nonc2N1C. The van der Waals surface area contributed by atoms with Gasteiger partial charge in [-0.05, 0) is 16.2 Å². The van der Waals surface area contributed by atoms with Crippen molar-refractivity contribution >= 4 is 11.6 Å². The molecule has 0 spiro atoms. The standard InChI is InChI=1S/C8H14N4O/c1-5(2)6-4-9-7-8(12(6)3)11-13-10-7/h5-6H,4H2,1-3H3,(H,9,10)/t6-/m1/s1. The molecule has 0 fully saturated rings. The highest BCUT2D eigenvalue weighted by Gasteiger charge is 2.29. The van der Waals surface area contributed by atoms with Crippen LogP contribution in [0, 0.1) is 5.92 Å². The molecule has 13 heavy (non-hydrogen) atoms. The van der Waals surface area contributed by atoms with Crippen molar-refractivity contribution < 1.29 is 4.63 Å². The molecule has 5 heteroatoms. The van der Waals surface area contributed by atoms with Crippen molar-refractivity contribution in [3.05, 3.63) is 0 Å². The van der Waals surface area contributed by atoms with Gasteiger partial charge in [-0.25, -0.2) is 4.63 Å². The van der Waals surface area contributed by atoms with Crippen LogP contribution in [0.1, 0.15) is 13.8 Å². The van der Waals surface area contributed by atoms with Crippen LogP contribution in [0.5, 0.6) is 0 Å². The van der Waals surface area contributed by atoms with Gasteiger partial charge in [-0.1, -0.05) is 13.8 Å². The summed E-state index contributed by atoms with van der Waals surface area (Å²) in [6, 6.07) is 0.458. The molecule has 1 atom stereocenters. The van der Waals surface area contributed by atoms with Crippen molar-refractivity contribution in [3.63, 3.8) is 0 Å². The van der Waals surface area contributed by atoms with Crippen molar-refractivity contribution in [2.45, 2.75) is 19.9 Å². The van der Waals surface area contributed by atoms with E-state index in [-0.39, 0.29) is 0 Å². The van der Waals surface area contributed by atoms with E-state index in [1.807, 2.05) is 7.05 Å². The molecule has 0 amide bonds. The van der Waals surface area contributed by atoms with Gasteiger partial charge in [0.1, 0.15) is 0 Å². The predicted molar refractivity (Wildman–Crippen MR) is 49.8 cm³/mol. The van der Waals surface area contributed by atoms with Gasteiger partial charge in [0, 0.05) is 19.6 Å². The third-order valence-electron chi connectivity index (χ3n) is 2.55. The van der Waals surface area contributed by atoms with Crippen molar-refractivity contribution in [1.82, 2.24) is 10.3 Å². The van der Waals surface area contributed by atoms with Gasteiger partial charge in [0.2, 0.25) is 11.6 Å². The molecule has 0 aromatic carbocycles. The van der Waals surface area contributed by atoms with E-state index in [1.54, 1.807) is 0 Å². The number of rotatable bonds is 1. The zero-order valence-corrected chi connectivity index (χ0v) is 8.11. The lowest BCUT2D eigenvalue weighted by Gasteiger charge is -2.34. The molecule has 0 saturated carbocycles. The molecule has 1 aromatic heterocycles. The Kier molecular flexibility index (Phi) is 1.86. The summed E-state index contributed by atoms with van der Waals surface area (Å²) >= 11 is 0. The molecule has 0 bridgehead atoms. The molecular formula is C8H14N4O. The minimum absolute atomic E-state index is 0.458. The molecule has 0 aliphatic carbocycles. The smallest absolute Gasteiger partial charge is 0.217 e. The summed E-state index contributed by atoms with van der Waals surface area (Å²) < 4.78 is 4.66. The molecule has 1 aromatic rings. The highest BCUT2D eigenvalue weighted by Crippen LogP contribution is 2.28. The van der Waals surface area contributed by atoms with Gasteiger partial charge in [0.05, 0.1) is 0 Å². The highest BCUT2D eigenvalue weighted by molar-refractivity contribution is 5.62. The molecule has 72 valence electrons. The lowest BCUT2D eigenvalue weighted by Crippen LogP contribution is -2.44. The van der Waals surface area contributed by atoms with Crippen LogP contribution >= 0.6 is 0 Å². The van der Waals surface area contributed by atoms with Crippen LogP contribution in [-0.4, -0.2) is 29.9 Å². The fourth-order valence-corrected chi connectivity index (χ4v) is 1.70. The van der Waals surface area contributed by atoms with Crippen LogP contribution in [-0.2, 0) is 0 Å².